The third-order valence-electron chi connectivity index (χ3n) is 2.08. The number of rotatable bonds is 3. The highest BCUT2D eigenvalue weighted by Crippen LogP contribution is 2.27. The molecule has 0 amide bonds. The van der Waals surface area contributed by atoms with E-state index in [0.717, 1.165) is 0 Å². The fraction of sp³-hybridized carbons (Fsp3) is 0. The van der Waals surface area contributed by atoms with E-state index in [9.17, 15) is 14.4 Å². The van der Waals surface area contributed by atoms with Crippen molar-refractivity contribution in [1.29, 1.82) is 0 Å². The molecule has 0 unspecified atom stereocenters. The van der Waals surface area contributed by atoms with Gasteiger partial charge in [-0.05, 0) is 18.2 Å². The Morgan fingerprint density at radius 2 is 0.762 bits per heavy atom. The van der Waals surface area contributed by atoms with Gasteiger partial charge in [-0.25, -0.2) is 14.4 Å². The number of aliphatic imine (C=N–C) groups is 3. The largest absolute Gasteiger partial charge is 0.240 e. The summed E-state index contributed by atoms with van der Waals surface area (Å²) in [7, 11) is 0. The van der Waals surface area contributed by atoms with Gasteiger partial charge in [0.05, 0.1) is 17.1 Å². The van der Waals surface area contributed by atoms with E-state index in [1.807, 2.05) is 36.4 Å². The highest BCUT2D eigenvalue weighted by molar-refractivity contribution is 5.66. The molecule has 2 aromatic carbocycles. The molecule has 0 heterocycles. The average molecular weight is 279 g/mol. The zero-order valence-corrected chi connectivity index (χ0v) is 10.8. The molecule has 0 atom stereocenters. The minimum Gasteiger partial charge on any atom is -0.211 e. The van der Waals surface area contributed by atoms with Crippen LogP contribution in [0.1, 0.15) is 0 Å². The van der Waals surface area contributed by atoms with Gasteiger partial charge < -0.3 is 0 Å². The van der Waals surface area contributed by atoms with Crippen molar-refractivity contribution in [3.8, 4) is 0 Å². The zero-order valence-electron chi connectivity index (χ0n) is 10.8. The molecule has 102 valence electrons. The molecule has 0 radical (unpaired) electrons. The quantitative estimate of drug-likeness (QED) is 0.638. The molecule has 6 nitrogen and oxygen atoms in total. The Kier molecular flexibility index (Phi) is 7.08. The van der Waals surface area contributed by atoms with Crippen LogP contribution >= 0.6 is 0 Å². The maximum absolute atomic E-state index is 10.0. The second-order valence-corrected chi connectivity index (χ2v) is 3.47. The van der Waals surface area contributed by atoms with Gasteiger partial charge in [-0.2, -0.15) is 15.0 Å². The van der Waals surface area contributed by atoms with Gasteiger partial charge in [0, 0.05) is 0 Å². The molecule has 2 rings (SSSR count). The van der Waals surface area contributed by atoms with E-state index in [-0.39, 0.29) is 17.1 Å². The Morgan fingerprint density at radius 3 is 0.952 bits per heavy atom. The summed E-state index contributed by atoms with van der Waals surface area (Å²) in [6.45, 7) is 0. The summed E-state index contributed by atoms with van der Waals surface area (Å²) >= 11 is 0. The number of hydrogen-bond donors (Lipinski definition) is 0. The van der Waals surface area contributed by atoms with E-state index in [0.29, 0.717) is 0 Å². The van der Waals surface area contributed by atoms with E-state index in [1.54, 1.807) is 0 Å². The Bertz CT molecular complexity index is 610. The van der Waals surface area contributed by atoms with Crippen molar-refractivity contribution < 1.29 is 14.4 Å². The molecule has 0 saturated heterocycles. The van der Waals surface area contributed by atoms with Gasteiger partial charge in [0.1, 0.15) is 0 Å². The predicted molar refractivity (Wildman–Crippen MR) is 76.2 cm³/mol. The minimum absolute atomic E-state index is 0.190. The number of carbonyl (C=O) groups excluding carboxylic acids is 3. The minimum atomic E-state index is 0.190. The molecular formula is C15H9N3O3. The van der Waals surface area contributed by atoms with Crippen molar-refractivity contribution in [2.75, 3.05) is 0 Å². The number of isocyanates is 3. The van der Waals surface area contributed by atoms with Crippen molar-refractivity contribution in [1.82, 2.24) is 0 Å². The van der Waals surface area contributed by atoms with Crippen LogP contribution in [-0.4, -0.2) is 18.2 Å². The van der Waals surface area contributed by atoms with Crippen LogP contribution in [0.5, 0.6) is 0 Å². The summed E-state index contributed by atoms with van der Waals surface area (Å²) in [6, 6.07) is 16.0. The van der Waals surface area contributed by atoms with E-state index in [4.69, 9.17) is 0 Å². The van der Waals surface area contributed by atoms with E-state index in [1.165, 1.54) is 36.4 Å². The second kappa shape index (κ2) is 9.50. The van der Waals surface area contributed by atoms with Gasteiger partial charge in [0.2, 0.25) is 18.2 Å². The van der Waals surface area contributed by atoms with Gasteiger partial charge in [0.25, 0.3) is 0 Å². The van der Waals surface area contributed by atoms with Gasteiger partial charge in [-0.1, -0.05) is 36.4 Å². The molecule has 0 aliphatic carbocycles. The highest BCUT2D eigenvalue weighted by atomic mass is 16.1. The Morgan fingerprint density at radius 1 is 0.524 bits per heavy atom. The first-order valence-electron chi connectivity index (χ1n) is 5.69. The lowest BCUT2D eigenvalue weighted by Crippen LogP contribution is -1.69. The van der Waals surface area contributed by atoms with E-state index in [2.05, 4.69) is 15.0 Å². The first-order valence-corrected chi connectivity index (χ1v) is 5.69. The normalized spacial score (nSPS) is 8.00. The number of benzene rings is 2. The summed E-state index contributed by atoms with van der Waals surface area (Å²) in [5.41, 5.74) is 0.571. The number of hydrogen-bond acceptors (Lipinski definition) is 6. The maximum Gasteiger partial charge on any atom is 0.240 e. The molecule has 0 aliphatic rings. The molecule has 0 aromatic heterocycles. The molecule has 0 saturated carbocycles. The van der Waals surface area contributed by atoms with Crippen LogP contribution in [-0.2, 0) is 14.4 Å². The zero-order chi connectivity index (χ0) is 15.3. The first-order chi connectivity index (χ1) is 10.3. The fourth-order valence-electron chi connectivity index (χ4n) is 1.32. The van der Waals surface area contributed by atoms with Crippen LogP contribution in [0.25, 0.3) is 0 Å². The Labute approximate surface area is 120 Å². The standard InChI is InChI=1S/C9H3N3O3.C6H6/c13-4-10-7-1-8(11-5-14)3-9(2-7)12-6-15;1-2-4-6-5-3-1/h1-3H;1-6H. The van der Waals surface area contributed by atoms with Gasteiger partial charge in [-0.3, -0.25) is 0 Å². The molecule has 0 aliphatic heterocycles. The summed E-state index contributed by atoms with van der Waals surface area (Å²) in [6.07, 6.45) is 3.95. The monoisotopic (exact) mass is 279 g/mol. The van der Waals surface area contributed by atoms with Crippen LogP contribution in [0.2, 0.25) is 0 Å². The molecule has 0 N–H and O–H groups in total. The molecule has 2 aromatic rings. The summed E-state index contributed by atoms with van der Waals surface area (Å²) in [4.78, 5) is 39.9. The lowest BCUT2D eigenvalue weighted by atomic mass is 10.2. The van der Waals surface area contributed by atoms with E-state index < -0.39 is 0 Å². The smallest absolute Gasteiger partial charge is 0.211 e. The molecule has 0 bridgehead atoms. The number of nitrogens with zero attached hydrogens (tertiary/aromatic N) is 3. The van der Waals surface area contributed by atoms with Crippen molar-refractivity contribution in [3.05, 3.63) is 54.6 Å². The van der Waals surface area contributed by atoms with Crippen molar-refractivity contribution in [2.45, 2.75) is 0 Å². The summed E-state index contributed by atoms with van der Waals surface area (Å²) in [5.74, 6) is 0. The van der Waals surface area contributed by atoms with Crippen LogP contribution in [0.15, 0.2) is 69.6 Å². The van der Waals surface area contributed by atoms with Crippen LogP contribution in [0, 0.1) is 0 Å². The molecule has 0 fully saturated rings. The van der Waals surface area contributed by atoms with Crippen molar-refractivity contribution in [3.63, 3.8) is 0 Å². The van der Waals surface area contributed by atoms with Gasteiger partial charge in [-0.15, -0.1) is 0 Å². The van der Waals surface area contributed by atoms with Gasteiger partial charge >= 0.3 is 0 Å². The first kappa shape index (κ1) is 15.6. The van der Waals surface area contributed by atoms with Crippen molar-refractivity contribution >= 4 is 35.3 Å². The van der Waals surface area contributed by atoms with Crippen LogP contribution in [0.4, 0.5) is 17.1 Å². The van der Waals surface area contributed by atoms with Crippen LogP contribution < -0.4 is 0 Å². The predicted octanol–water partition coefficient (Wildman–Crippen LogP) is 3.28. The molecule has 0 spiro atoms. The SMILES string of the molecule is O=C=Nc1cc(N=C=O)cc(N=C=O)c1.c1ccccc1. The highest BCUT2D eigenvalue weighted by Gasteiger charge is 1.98. The van der Waals surface area contributed by atoms with Crippen molar-refractivity contribution in [2.24, 2.45) is 15.0 Å². The third kappa shape index (κ3) is 6.34. The average Bonchev–Trinajstić information content (AvgIpc) is 2.50. The fourth-order valence-corrected chi connectivity index (χ4v) is 1.32. The lowest BCUT2D eigenvalue weighted by molar-refractivity contribution is 0.565. The lowest BCUT2D eigenvalue weighted by Gasteiger charge is -1.95. The molecule has 6 heteroatoms. The summed E-state index contributed by atoms with van der Waals surface area (Å²) < 4.78 is 0. The summed E-state index contributed by atoms with van der Waals surface area (Å²) in [5, 5.41) is 0. The third-order valence-corrected chi connectivity index (χ3v) is 2.08. The Hall–Kier alpha value is -3.42. The van der Waals surface area contributed by atoms with E-state index >= 15 is 0 Å². The Balaban J connectivity index is 0.000000304. The van der Waals surface area contributed by atoms with Crippen LogP contribution in [0.3, 0.4) is 0 Å². The second-order valence-electron chi connectivity index (χ2n) is 3.47. The topological polar surface area (TPSA) is 88.3 Å². The maximum atomic E-state index is 10.0. The van der Waals surface area contributed by atoms with Gasteiger partial charge in [0.15, 0.2) is 0 Å². The molecular weight excluding hydrogens is 270 g/mol. The molecule has 21 heavy (non-hydrogen) atoms.